The molecule has 8 nitrogen and oxygen atoms in total. The van der Waals surface area contributed by atoms with Crippen LogP contribution < -0.4 is 20.4 Å². The summed E-state index contributed by atoms with van der Waals surface area (Å²) >= 11 is 0. The normalized spacial score (nSPS) is 11.9. The van der Waals surface area contributed by atoms with E-state index in [9.17, 15) is 14.4 Å². The molecule has 0 aliphatic rings. The first kappa shape index (κ1) is 23.8. The number of nitrogens with one attached hydrogen (secondary N) is 1. The molecule has 0 saturated heterocycles. The Labute approximate surface area is 201 Å². The molecule has 0 radical (unpaired) electrons. The summed E-state index contributed by atoms with van der Waals surface area (Å²) in [4.78, 5) is 37.6. The summed E-state index contributed by atoms with van der Waals surface area (Å²) in [7, 11) is 1.52. The highest BCUT2D eigenvalue weighted by Crippen LogP contribution is 2.28. The third-order valence-electron chi connectivity index (χ3n) is 5.52. The van der Waals surface area contributed by atoms with Crippen LogP contribution in [-0.4, -0.2) is 25.2 Å². The number of hydrogen-bond donors (Lipinski definition) is 1. The number of amides is 1. The molecule has 0 aliphatic carbocycles. The molecule has 0 fully saturated rings. The van der Waals surface area contributed by atoms with Gasteiger partial charge in [-0.3, -0.25) is 0 Å². The fraction of sp³-hybridized carbons (Fsp3) is 0.222. The standard InChI is InChI=1S/C27H25NO7/c1-16(2)24(28-27(31)33-15-17-7-5-4-6-8-17)26(30)34-19-10-12-21-20-11-9-18(32-3)13-22(20)25(29)35-23(21)14-19/h4-14,16,24H,15H2,1-3H3,(H,28,31)/t24-/m1/s1. The predicted octanol–water partition coefficient (Wildman–Crippen LogP) is 4.81. The number of carbonyl (C=O) groups is 2. The van der Waals surface area contributed by atoms with Crippen LogP contribution in [0.15, 0.2) is 75.9 Å². The highest BCUT2D eigenvalue weighted by molar-refractivity contribution is 6.05. The molecule has 1 aromatic heterocycles. The van der Waals surface area contributed by atoms with Crippen molar-refractivity contribution in [3.05, 3.63) is 82.7 Å². The van der Waals surface area contributed by atoms with E-state index >= 15 is 0 Å². The van der Waals surface area contributed by atoms with Gasteiger partial charge in [0.1, 0.15) is 29.7 Å². The van der Waals surface area contributed by atoms with E-state index in [0.29, 0.717) is 21.9 Å². The fourth-order valence-corrected chi connectivity index (χ4v) is 3.65. The van der Waals surface area contributed by atoms with Gasteiger partial charge in [-0.15, -0.1) is 0 Å². The lowest BCUT2D eigenvalue weighted by Crippen LogP contribution is -2.46. The zero-order chi connectivity index (χ0) is 24.9. The summed E-state index contributed by atoms with van der Waals surface area (Å²) in [5.74, 6) is -0.194. The molecule has 4 aromatic rings. The molecule has 1 amide bonds. The first-order chi connectivity index (χ1) is 16.9. The van der Waals surface area contributed by atoms with Gasteiger partial charge in [0.25, 0.3) is 0 Å². The second-order valence-corrected chi connectivity index (χ2v) is 8.31. The molecule has 0 unspecified atom stereocenters. The summed E-state index contributed by atoms with van der Waals surface area (Å²) in [6.07, 6.45) is -0.726. The van der Waals surface area contributed by atoms with Gasteiger partial charge in [0, 0.05) is 16.8 Å². The number of rotatable bonds is 7. The van der Waals surface area contributed by atoms with Crippen LogP contribution in [-0.2, 0) is 16.1 Å². The summed E-state index contributed by atoms with van der Waals surface area (Å²) in [6, 6.07) is 18.2. The average molecular weight is 475 g/mol. The summed E-state index contributed by atoms with van der Waals surface area (Å²) in [6.45, 7) is 3.64. The minimum Gasteiger partial charge on any atom is -0.497 e. The van der Waals surface area contributed by atoms with Crippen LogP contribution in [0.2, 0.25) is 0 Å². The van der Waals surface area contributed by atoms with Gasteiger partial charge >= 0.3 is 17.7 Å². The number of carbonyl (C=O) groups excluding carboxylic acids is 2. The third-order valence-corrected chi connectivity index (χ3v) is 5.52. The zero-order valence-corrected chi connectivity index (χ0v) is 19.6. The molecule has 1 atom stereocenters. The number of hydrogen-bond acceptors (Lipinski definition) is 7. The van der Waals surface area contributed by atoms with E-state index in [0.717, 1.165) is 5.56 Å². The van der Waals surface area contributed by atoms with Gasteiger partial charge in [-0.1, -0.05) is 44.2 Å². The first-order valence-electron chi connectivity index (χ1n) is 11.1. The first-order valence-corrected chi connectivity index (χ1v) is 11.1. The molecular weight excluding hydrogens is 450 g/mol. The number of esters is 1. The molecule has 0 aliphatic heterocycles. The maximum atomic E-state index is 12.9. The smallest absolute Gasteiger partial charge is 0.408 e. The highest BCUT2D eigenvalue weighted by Gasteiger charge is 2.27. The van der Waals surface area contributed by atoms with Crippen LogP contribution in [0.1, 0.15) is 19.4 Å². The Morgan fingerprint density at radius 3 is 2.34 bits per heavy atom. The summed E-state index contributed by atoms with van der Waals surface area (Å²) in [5, 5.41) is 4.33. The van der Waals surface area contributed by atoms with Crippen molar-refractivity contribution in [1.82, 2.24) is 5.32 Å². The number of alkyl carbamates (subject to hydrolysis) is 1. The molecule has 180 valence electrons. The van der Waals surface area contributed by atoms with Crippen molar-refractivity contribution in [1.29, 1.82) is 0 Å². The molecule has 8 heteroatoms. The number of methoxy groups -OCH3 is 1. The van der Waals surface area contributed by atoms with Crippen LogP contribution in [0.5, 0.6) is 11.5 Å². The molecule has 3 aromatic carbocycles. The maximum absolute atomic E-state index is 12.9. The molecule has 0 saturated carbocycles. The van der Waals surface area contributed by atoms with Crippen molar-refractivity contribution in [2.45, 2.75) is 26.5 Å². The zero-order valence-electron chi connectivity index (χ0n) is 19.6. The molecule has 0 bridgehead atoms. The second-order valence-electron chi connectivity index (χ2n) is 8.31. The lowest BCUT2D eigenvalue weighted by molar-refractivity contribution is -0.137. The molecule has 1 N–H and O–H groups in total. The summed E-state index contributed by atoms with van der Waals surface area (Å²) in [5.41, 5.74) is 0.571. The van der Waals surface area contributed by atoms with E-state index in [1.807, 2.05) is 30.3 Å². The SMILES string of the molecule is COc1ccc2c(c1)c(=O)oc1cc(OC(=O)[C@H](NC(=O)OCc3ccccc3)C(C)C)ccc12. The lowest BCUT2D eigenvalue weighted by Gasteiger charge is -2.20. The van der Waals surface area contributed by atoms with Crippen LogP contribution in [0, 0.1) is 5.92 Å². The van der Waals surface area contributed by atoms with Crippen molar-refractivity contribution >= 4 is 33.8 Å². The van der Waals surface area contributed by atoms with Crippen LogP contribution in [0.3, 0.4) is 0 Å². The van der Waals surface area contributed by atoms with Crippen molar-refractivity contribution in [2.75, 3.05) is 7.11 Å². The second kappa shape index (κ2) is 10.3. The van der Waals surface area contributed by atoms with Crippen LogP contribution >= 0.6 is 0 Å². The number of benzene rings is 3. The highest BCUT2D eigenvalue weighted by atomic mass is 16.6. The van der Waals surface area contributed by atoms with E-state index in [4.69, 9.17) is 18.6 Å². The molecular formula is C27H25NO7. The van der Waals surface area contributed by atoms with Crippen molar-refractivity contribution in [3.8, 4) is 11.5 Å². The fourth-order valence-electron chi connectivity index (χ4n) is 3.65. The van der Waals surface area contributed by atoms with E-state index in [1.165, 1.54) is 13.2 Å². The lowest BCUT2D eigenvalue weighted by atomic mass is 10.0. The summed E-state index contributed by atoms with van der Waals surface area (Å²) < 4.78 is 21.4. The Morgan fingerprint density at radius 2 is 1.63 bits per heavy atom. The Bertz CT molecular complexity index is 1430. The maximum Gasteiger partial charge on any atom is 0.408 e. The van der Waals surface area contributed by atoms with Gasteiger partial charge in [-0.25, -0.2) is 14.4 Å². The third kappa shape index (κ3) is 5.43. The molecule has 35 heavy (non-hydrogen) atoms. The monoisotopic (exact) mass is 475 g/mol. The Hall–Kier alpha value is -4.33. The van der Waals surface area contributed by atoms with Crippen molar-refractivity contribution in [3.63, 3.8) is 0 Å². The van der Waals surface area contributed by atoms with Crippen LogP contribution in [0.25, 0.3) is 21.7 Å². The Kier molecular flexibility index (Phi) is 7.01. The van der Waals surface area contributed by atoms with E-state index in [1.54, 1.807) is 44.2 Å². The molecule has 1 heterocycles. The Morgan fingerprint density at radius 1 is 0.914 bits per heavy atom. The van der Waals surface area contributed by atoms with Gasteiger partial charge in [0.15, 0.2) is 0 Å². The van der Waals surface area contributed by atoms with Gasteiger partial charge < -0.3 is 23.9 Å². The predicted molar refractivity (Wildman–Crippen MR) is 131 cm³/mol. The number of fused-ring (bicyclic) bond motifs is 3. The van der Waals surface area contributed by atoms with Gasteiger partial charge in [-0.05, 0) is 41.8 Å². The molecule has 4 rings (SSSR count). The Balaban J connectivity index is 1.50. The van der Waals surface area contributed by atoms with Gasteiger partial charge in [0.2, 0.25) is 0 Å². The molecule has 0 spiro atoms. The van der Waals surface area contributed by atoms with Crippen molar-refractivity contribution < 1.29 is 28.2 Å². The minimum absolute atomic E-state index is 0.0794. The van der Waals surface area contributed by atoms with Crippen molar-refractivity contribution in [2.24, 2.45) is 5.92 Å². The largest absolute Gasteiger partial charge is 0.497 e. The van der Waals surface area contributed by atoms with Gasteiger partial charge in [0.05, 0.1) is 12.5 Å². The minimum atomic E-state index is -0.940. The van der Waals surface area contributed by atoms with Gasteiger partial charge in [-0.2, -0.15) is 0 Å². The average Bonchev–Trinajstić information content (AvgIpc) is 2.86. The quantitative estimate of drug-likeness (QED) is 0.177. The van der Waals surface area contributed by atoms with E-state index in [-0.39, 0.29) is 23.9 Å². The van der Waals surface area contributed by atoms with E-state index < -0.39 is 23.7 Å². The van der Waals surface area contributed by atoms with Crippen LogP contribution in [0.4, 0.5) is 4.79 Å². The van der Waals surface area contributed by atoms with E-state index in [2.05, 4.69) is 5.32 Å². The topological polar surface area (TPSA) is 104 Å². The number of ether oxygens (including phenoxy) is 3.